The molecule has 2 amide bonds. The van der Waals surface area contributed by atoms with Crippen molar-refractivity contribution in [1.82, 2.24) is 9.62 Å². The standard InChI is InChI=1S/C15H19N3O5S/c19-14(20)10-16-24(22,23)12-3-4-13-11(9-12)5-8-18(13)15(21)17-6-1-2-7-17/h3-4,9,16H,1-2,5-8,10H2,(H,19,20). The highest BCUT2D eigenvalue weighted by Gasteiger charge is 2.30. The number of hydrogen-bond acceptors (Lipinski definition) is 4. The van der Waals surface area contributed by atoms with Gasteiger partial charge < -0.3 is 10.0 Å². The Morgan fingerprint density at radius 3 is 2.54 bits per heavy atom. The number of carbonyl (C=O) groups excluding carboxylic acids is 1. The van der Waals surface area contributed by atoms with E-state index in [0.29, 0.717) is 13.0 Å². The molecule has 0 aliphatic carbocycles. The van der Waals surface area contributed by atoms with Gasteiger partial charge >= 0.3 is 12.0 Å². The smallest absolute Gasteiger partial charge is 0.324 e. The molecule has 24 heavy (non-hydrogen) atoms. The van der Waals surface area contributed by atoms with Crippen LogP contribution in [0, 0.1) is 0 Å². The molecule has 1 aromatic rings. The third-order valence-electron chi connectivity index (χ3n) is 4.28. The van der Waals surface area contributed by atoms with Crippen molar-refractivity contribution in [3.63, 3.8) is 0 Å². The highest BCUT2D eigenvalue weighted by Crippen LogP contribution is 2.31. The van der Waals surface area contributed by atoms with E-state index in [1.165, 1.54) is 12.1 Å². The first-order valence-corrected chi connectivity index (χ1v) is 9.27. The van der Waals surface area contributed by atoms with Gasteiger partial charge in [0, 0.05) is 25.3 Å². The zero-order chi connectivity index (χ0) is 17.3. The molecule has 2 heterocycles. The van der Waals surface area contributed by atoms with E-state index in [4.69, 9.17) is 5.11 Å². The summed E-state index contributed by atoms with van der Waals surface area (Å²) in [6.45, 7) is 1.38. The minimum Gasteiger partial charge on any atom is -0.480 e. The average Bonchev–Trinajstić information content (AvgIpc) is 3.21. The molecule has 130 valence electrons. The Bertz CT molecular complexity index is 771. The summed E-state index contributed by atoms with van der Waals surface area (Å²) >= 11 is 0. The molecular weight excluding hydrogens is 334 g/mol. The molecule has 0 spiro atoms. The number of sulfonamides is 1. The minimum atomic E-state index is -3.87. The number of nitrogens with one attached hydrogen (secondary N) is 1. The van der Waals surface area contributed by atoms with Crippen LogP contribution < -0.4 is 9.62 Å². The molecule has 0 radical (unpaired) electrons. The van der Waals surface area contributed by atoms with E-state index >= 15 is 0 Å². The first-order chi connectivity index (χ1) is 11.4. The number of aliphatic carboxylic acids is 1. The zero-order valence-corrected chi connectivity index (χ0v) is 13.9. The van der Waals surface area contributed by atoms with Gasteiger partial charge in [0.05, 0.1) is 4.90 Å². The molecule has 2 aliphatic heterocycles. The van der Waals surface area contributed by atoms with E-state index < -0.39 is 22.5 Å². The molecule has 3 rings (SSSR count). The van der Waals surface area contributed by atoms with Gasteiger partial charge in [-0.25, -0.2) is 13.2 Å². The monoisotopic (exact) mass is 353 g/mol. The van der Waals surface area contributed by atoms with Gasteiger partial charge in [-0.3, -0.25) is 9.69 Å². The number of likely N-dealkylation sites (tertiary alicyclic amines) is 1. The second-order valence-electron chi connectivity index (χ2n) is 5.89. The summed E-state index contributed by atoms with van der Waals surface area (Å²) in [7, 11) is -3.87. The normalized spacial score (nSPS) is 17.2. The number of rotatable bonds is 4. The summed E-state index contributed by atoms with van der Waals surface area (Å²) < 4.78 is 26.2. The van der Waals surface area contributed by atoms with Crippen LogP contribution in [0.1, 0.15) is 18.4 Å². The Morgan fingerprint density at radius 1 is 1.17 bits per heavy atom. The number of fused-ring (bicyclic) bond motifs is 1. The molecule has 8 nitrogen and oxygen atoms in total. The van der Waals surface area contributed by atoms with Gasteiger partial charge in [0.2, 0.25) is 10.0 Å². The lowest BCUT2D eigenvalue weighted by atomic mass is 10.2. The van der Waals surface area contributed by atoms with Gasteiger partial charge in [0.1, 0.15) is 6.54 Å². The predicted molar refractivity (Wildman–Crippen MR) is 86.5 cm³/mol. The van der Waals surface area contributed by atoms with Crippen molar-refractivity contribution in [2.24, 2.45) is 0 Å². The molecule has 2 aliphatic rings. The molecule has 0 aromatic heterocycles. The van der Waals surface area contributed by atoms with Crippen LogP contribution in [0.25, 0.3) is 0 Å². The van der Waals surface area contributed by atoms with E-state index in [0.717, 1.165) is 37.2 Å². The van der Waals surface area contributed by atoms with E-state index in [1.54, 1.807) is 11.0 Å². The Balaban J connectivity index is 1.80. The number of benzene rings is 1. The van der Waals surface area contributed by atoms with Crippen molar-refractivity contribution >= 4 is 27.7 Å². The summed E-state index contributed by atoms with van der Waals surface area (Å²) in [6.07, 6.45) is 2.61. The lowest BCUT2D eigenvalue weighted by molar-refractivity contribution is -0.135. The molecule has 9 heteroatoms. The topological polar surface area (TPSA) is 107 Å². The van der Waals surface area contributed by atoms with Crippen molar-refractivity contribution in [3.05, 3.63) is 23.8 Å². The third kappa shape index (κ3) is 3.22. The number of hydrogen-bond donors (Lipinski definition) is 2. The lowest BCUT2D eigenvalue weighted by Crippen LogP contribution is -2.40. The van der Waals surface area contributed by atoms with Gasteiger partial charge in [-0.1, -0.05) is 0 Å². The second kappa shape index (κ2) is 6.40. The Morgan fingerprint density at radius 2 is 1.88 bits per heavy atom. The number of urea groups is 1. The number of carboxylic acids is 1. The Kier molecular flexibility index (Phi) is 4.46. The quantitative estimate of drug-likeness (QED) is 0.825. The van der Waals surface area contributed by atoms with Gasteiger partial charge in [-0.05, 0) is 43.0 Å². The molecule has 1 aromatic carbocycles. The van der Waals surface area contributed by atoms with Crippen molar-refractivity contribution in [3.8, 4) is 0 Å². The predicted octanol–water partition coefficient (Wildman–Crippen LogP) is 0.628. The molecule has 1 saturated heterocycles. The van der Waals surface area contributed by atoms with Gasteiger partial charge in [0.15, 0.2) is 0 Å². The Hall–Kier alpha value is -2.13. The minimum absolute atomic E-state index is 0.0120. The number of carboxylic acid groups (broad SMARTS) is 1. The van der Waals surface area contributed by atoms with Crippen LogP contribution in [-0.4, -0.2) is 56.6 Å². The second-order valence-corrected chi connectivity index (χ2v) is 7.65. The maximum absolute atomic E-state index is 12.5. The number of anilines is 1. The third-order valence-corrected chi connectivity index (χ3v) is 5.68. The average molecular weight is 353 g/mol. The van der Waals surface area contributed by atoms with E-state index in [-0.39, 0.29) is 10.9 Å². The fraction of sp³-hybridized carbons (Fsp3) is 0.467. The maximum atomic E-state index is 12.5. The zero-order valence-electron chi connectivity index (χ0n) is 13.1. The molecular formula is C15H19N3O5S. The first-order valence-electron chi connectivity index (χ1n) is 7.79. The fourth-order valence-corrected chi connectivity index (χ4v) is 4.09. The molecule has 0 atom stereocenters. The van der Waals surface area contributed by atoms with E-state index in [2.05, 4.69) is 0 Å². The number of nitrogens with zero attached hydrogens (tertiary/aromatic N) is 2. The van der Waals surface area contributed by atoms with Crippen molar-refractivity contribution < 1.29 is 23.1 Å². The SMILES string of the molecule is O=C(O)CNS(=O)(=O)c1ccc2c(c1)CCN2C(=O)N1CCCC1. The van der Waals surface area contributed by atoms with E-state index in [1.807, 2.05) is 9.62 Å². The van der Waals surface area contributed by atoms with Gasteiger partial charge in [-0.2, -0.15) is 4.72 Å². The van der Waals surface area contributed by atoms with Gasteiger partial charge in [-0.15, -0.1) is 0 Å². The largest absolute Gasteiger partial charge is 0.480 e. The summed E-state index contributed by atoms with van der Waals surface area (Å²) in [5, 5.41) is 8.60. The van der Waals surface area contributed by atoms with Crippen molar-refractivity contribution in [2.45, 2.75) is 24.2 Å². The number of amides is 2. The lowest BCUT2D eigenvalue weighted by Gasteiger charge is -2.24. The summed E-state index contributed by atoms with van der Waals surface area (Å²) in [6, 6.07) is 4.49. The van der Waals surface area contributed by atoms with Crippen LogP contribution >= 0.6 is 0 Å². The maximum Gasteiger partial charge on any atom is 0.324 e. The van der Waals surface area contributed by atoms with Gasteiger partial charge in [0.25, 0.3) is 0 Å². The molecule has 0 unspecified atom stereocenters. The van der Waals surface area contributed by atoms with Crippen molar-refractivity contribution in [2.75, 3.05) is 31.1 Å². The van der Waals surface area contributed by atoms with Crippen LogP contribution in [0.5, 0.6) is 0 Å². The van der Waals surface area contributed by atoms with Crippen LogP contribution in [-0.2, 0) is 21.2 Å². The van der Waals surface area contributed by atoms with Crippen LogP contribution in [0.4, 0.5) is 10.5 Å². The summed E-state index contributed by atoms with van der Waals surface area (Å²) in [5.74, 6) is -1.25. The highest BCUT2D eigenvalue weighted by molar-refractivity contribution is 7.89. The molecule has 1 fully saturated rings. The van der Waals surface area contributed by atoms with Crippen LogP contribution in [0.3, 0.4) is 0 Å². The van der Waals surface area contributed by atoms with Crippen LogP contribution in [0.2, 0.25) is 0 Å². The first kappa shape index (κ1) is 16.7. The summed E-state index contributed by atoms with van der Waals surface area (Å²) in [4.78, 5) is 26.6. The number of carbonyl (C=O) groups is 2. The fourth-order valence-electron chi connectivity index (χ4n) is 3.06. The van der Waals surface area contributed by atoms with Crippen molar-refractivity contribution in [1.29, 1.82) is 0 Å². The Labute approximate surface area is 140 Å². The van der Waals surface area contributed by atoms with Crippen LogP contribution in [0.15, 0.2) is 23.1 Å². The molecule has 0 saturated carbocycles. The molecule has 0 bridgehead atoms. The molecule has 2 N–H and O–H groups in total. The van der Waals surface area contributed by atoms with E-state index in [9.17, 15) is 18.0 Å². The highest BCUT2D eigenvalue weighted by atomic mass is 32.2. The summed E-state index contributed by atoms with van der Waals surface area (Å²) in [5.41, 5.74) is 1.50.